The summed E-state index contributed by atoms with van der Waals surface area (Å²) in [7, 11) is 3.01. The molecule has 0 amide bonds. The first-order valence-corrected chi connectivity index (χ1v) is 6.24. The third kappa shape index (κ3) is 2.55. The lowest BCUT2D eigenvalue weighted by molar-refractivity contribution is 0.391. The van der Waals surface area contributed by atoms with Crippen molar-refractivity contribution in [2.45, 2.75) is 5.88 Å². The maximum atomic E-state index is 11.9. The van der Waals surface area contributed by atoms with Gasteiger partial charge in [0, 0.05) is 12.1 Å². The van der Waals surface area contributed by atoms with Crippen LogP contribution in [-0.2, 0) is 5.88 Å². The van der Waals surface area contributed by atoms with E-state index >= 15 is 0 Å². The van der Waals surface area contributed by atoms with Crippen LogP contribution in [0.3, 0.4) is 0 Å². The van der Waals surface area contributed by atoms with Gasteiger partial charge in [-0.3, -0.25) is 4.79 Å². The fourth-order valence-electron chi connectivity index (χ4n) is 1.71. The number of aromatic hydroxyl groups is 1. The van der Waals surface area contributed by atoms with E-state index in [0.29, 0.717) is 17.2 Å². The van der Waals surface area contributed by atoms with Crippen LogP contribution in [0.1, 0.15) is 5.69 Å². The van der Waals surface area contributed by atoms with Crippen molar-refractivity contribution in [2.24, 2.45) is 0 Å². The molecule has 7 heteroatoms. The molecule has 1 N–H and O–H groups in total. The number of halogens is 1. The Bertz CT molecular complexity index is 685. The molecule has 20 heavy (non-hydrogen) atoms. The van der Waals surface area contributed by atoms with Gasteiger partial charge < -0.3 is 14.6 Å². The summed E-state index contributed by atoms with van der Waals surface area (Å²) in [5.41, 5.74) is 0.161. The van der Waals surface area contributed by atoms with Gasteiger partial charge in [0.05, 0.1) is 20.1 Å². The predicted molar refractivity (Wildman–Crippen MR) is 74.2 cm³/mol. The topological polar surface area (TPSA) is 73.6 Å². The van der Waals surface area contributed by atoms with Gasteiger partial charge in [-0.2, -0.15) is 9.78 Å². The molecule has 2 aromatic rings. The molecule has 1 aromatic carbocycles. The fraction of sp³-hybridized carbons (Fsp3) is 0.231. The first-order valence-electron chi connectivity index (χ1n) is 5.71. The molecule has 2 rings (SSSR count). The van der Waals surface area contributed by atoms with Gasteiger partial charge in [-0.05, 0) is 12.1 Å². The third-order valence-corrected chi connectivity index (χ3v) is 2.98. The first kappa shape index (κ1) is 14.2. The van der Waals surface area contributed by atoms with Crippen LogP contribution in [0.15, 0.2) is 29.1 Å². The number of methoxy groups -OCH3 is 2. The van der Waals surface area contributed by atoms with Crippen molar-refractivity contribution in [3.8, 4) is 22.9 Å². The summed E-state index contributed by atoms with van der Waals surface area (Å²) < 4.78 is 11.4. The van der Waals surface area contributed by atoms with Gasteiger partial charge in [-0.25, -0.2) is 0 Å². The largest absolute Gasteiger partial charge is 0.506 e. The number of hydrogen-bond donors (Lipinski definition) is 1. The van der Waals surface area contributed by atoms with E-state index in [1.165, 1.54) is 14.2 Å². The van der Waals surface area contributed by atoms with E-state index < -0.39 is 5.56 Å². The maximum Gasteiger partial charge on any atom is 0.275 e. The number of rotatable bonds is 4. The van der Waals surface area contributed by atoms with Crippen molar-refractivity contribution >= 4 is 11.6 Å². The van der Waals surface area contributed by atoms with Crippen molar-refractivity contribution in [1.82, 2.24) is 9.78 Å². The van der Waals surface area contributed by atoms with E-state index in [2.05, 4.69) is 5.10 Å². The van der Waals surface area contributed by atoms with E-state index in [0.717, 1.165) is 10.7 Å². The number of aromatic nitrogens is 2. The van der Waals surface area contributed by atoms with Crippen molar-refractivity contribution in [2.75, 3.05) is 14.2 Å². The summed E-state index contributed by atoms with van der Waals surface area (Å²) in [5.74, 6) is 0.777. The highest BCUT2D eigenvalue weighted by Crippen LogP contribution is 2.27. The van der Waals surface area contributed by atoms with Crippen LogP contribution in [0.2, 0.25) is 0 Å². The molecule has 0 atom stereocenters. The predicted octanol–water partition coefficient (Wildman–Crippen LogP) is 1.69. The Morgan fingerprint density at radius 2 is 2.05 bits per heavy atom. The van der Waals surface area contributed by atoms with E-state index in [-0.39, 0.29) is 17.3 Å². The highest BCUT2D eigenvalue weighted by molar-refractivity contribution is 6.17. The summed E-state index contributed by atoms with van der Waals surface area (Å²) >= 11 is 5.68. The second-order valence-corrected chi connectivity index (χ2v) is 4.16. The molecule has 0 saturated carbocycles. The summed E-state index contributed by atoms with van der Waals surface area (Å²) in [6.45, 7) is 0. The van der Waals surface area contributed by atoms with Gasteiger partial charge in [0.25, 0.3) is 5.56 Å². The third-order valence-electron chi connectivity index (χ3n) is 2.73. The summed E-state index contributed by atoms with van der Waals surface area (Å²) in [4.78, 5) is 11.9. The van der Waals surface area contributed by atoms with Gasteiger partial charge in [-0.1, -0.05) is 0 Å². The molecule has 0 fully saturated rings. The van der Waals surface area contributed by atoms with Crippen molar-refractivity contribution in [3.05, 3.63) is 40.3 Å². The van der Waals surface area contributed by atoms with Crippen LogP contribution < -0.4 is 15.0 Å². The number of ether oxygens (including phenoxy) is 2. The van der Waals surface area contributed by atoms with Gasteiger partial charge in [0.2, 0.25) is 0 Å². The molecular formula is C13H13ClN2O4. The normalized spacial score (nSPS) is 10.3. The van der Waals surface area contributed by atoms with Crippen LogP contribution >= 0.6 is 11.6 Å². The average molecular weight is 297 g/mol. The maximum absolute atomic E-state index is 11.9. The van der Waals surface area contributed by atoms with E-state index in [1.54, 1.807) is 18.2 Å². The molecule has 0 aliphatic heterocycles. The molecule has 0 aliphatic carbocycles. The molecule has 1 aromatic heterocycles. The van der Waals surface area contributed by atoms with Crippen LogP contribution in [0, 0.1) is 0 Å². The average Bonchev–Trinajstić information content (AvgIpc) is 2.47. The molecule has 0 saturated heterocycles. The molecule has 0 bridgehead atoms. The van der Waals surface area contributed by atoms with E-state index in [4.69, 9.17) is 21.1 Å². The highest BCUT2D eigenvalue weighted by atomic mass is 35.5. The minimum Gasteiger partial charge on any atom is -0.506 e. The monoisotopic (exact) mass is 296 g/mol. The molecule has 0 radical (unpaired) electrons. The minimum absolute atomic E-state index is 0.00934. The number of alkyl halides is 1. The van der Waals surface area contributed by atoms with Gasteiger partial charge in [0.1, 0.15) is 28.6 Å². The Morgan fingerprint density at radius 1 is 1.30 bits per heavy atom. The summed E-state index contributed by atoms with van der Waals surface area (Å²) in [5, 5.41) is 13.6. The van der Waals surface area contributed by atoms with Gasteiger partial charge in [-0.15, -0.1) is 11.6 Å². The van der Waals surface area contributed by atoms with Gasteiger partial charge >= 0.3 is 0 Å². The molecule has 0 spiro atoms. The second kappa shape index (κ2) is 5.83. The quantitative estimate of drug-likeness (QED) is 0.869. The molecule has 0 unspecified atom stereocenters. The van der Waals surface area contributed by atoms with E-state index in [1.807, 2.05) is 0 Å². The second-order valence-electron chi connectivity index (χ2n) is 3.90. The molecule has 6 nitrogen and oxygen atoms in total. The number of benzene rings is 1. The number of nitrogens with zero attached hydrogens (tertiary/aromatic N) is 2. The lowest BCUT2D eigenvalue weighted by atomic mass is 10.2. The van der Waals surface area contributed by atoms with Crippen LogP contribution in [0.5, 0.6) is 17.2 Å². The molecule has 0 aliphatic rings. The lowest BCUT2D eigenvalue weighted by Gasteiger charge is -2.12. The Morgan fingerprint density at radius 3 is 2.65 bits per heavy atom. The Hall–Kier alpha value is -2.21. The van der Waals surface area contributed by atoms with Crippen LogP contribution in [-0.4, -0.2) is 29.1 Å². The zero-order chi connectivity index (χ0) is 14.7. The summed E-state index contributed by atoms with van der Waals surface area (Å²) in [6, 6.07) is 6.02. The fourth-order valence-corrected chi connectivity index (χ4v) is 1.90. The summed E-state index contributed by atoms with van der Waals surface area (Å²) in [6.07, 6.45) is 0. The van der Waals surface area contributed by atoms with Crippen molar-refractivity contribution in [1.29, 1.82) is 0 Å². The molecule has 1 heterocycles. The molecule has 106 valence electrons. The minimum atomic E-state index is -0.486. The Labute approximate surface area is 120 Å². The smallest absolute Gasteiger partial charge is 0.275 e. The zero-order valence-corrected chi connectivity index (χ0v) is 11.7. The zero-order valence-electron chi connectivity index (χ0n) is 11.0. The lowest BCUT2D eigenvalue weighted by Crippen LogP contribution is -2.21. The first-order chi connectivity index (χ1) is 9.60. The Balaban J connectivity index is 2.65. The van der Waals surface area contributed by atoms with Crippen molar-refractivity contribution < 1.29 is 14.6 Å². The van der Waals surface area contributed by atoms with E-state index in [9.17, 15) is 9.90 Å². The van der Waals surface area contributed by atoms with Crippen LogP contribution in [0.25, 0.3) is 5.69 Å². The van der Waals surface area contributed by atoms with Crippen LogP contribution in [0.4, 0.5) is 0 Å². The Kier molecular flexibility index (Phi) is 4.14. The SMILES string of the molecule is COc1ccc(-n2nc(CCl)c(O)cc2=O)c(OC)c1. The molecular weight excluding hydrogens is 284 g/mol. The standard InChI is InChI=1S/C13H13ClN2O4/c1-19-8-3-4-10(12(5-8)20-2)16-13(18)6-11(17)9(7-14)15-16/h3-6,17H,7H2,1-2H3. The van der Waals surface area contributed by atoms with Crippen molar-refractivity contribution in [3.63, 3.8) is 0 Å². The van der Waals surface area contributed by atoms with Gasteiger partial charge in [0.15, 0.2) is 0 Å². The highest BCUT2D eigenvalue weighted by Gasteiger charge is 2.13. The number of hydrogen-bond acceptors (Lipinski definition) is 5.